The Bertz CT molecular complexity index is 636. The number of halogens is 1. The van der Waals surface area contributed by atoms with Crippen molar-refractivity contribution in [2.24, 2.45) is 0 Å². The lowest BCUT2D eigenvalue weighted by molar-refractivity contribution is 0.245. The molecule has 0 aliphatic heterocycles. The average Bonchev–Trinajstić information content (AvgIpc) is 2.98. The molecule has 0 amide bonds. The molecule has 0 saturated carbocycles. The molecule has 7 nitrogen and oxygen atoms in total. The smallest absolute Gasteiger partial charge is 0.244 e. The van der Waals surface area contributed by atoms with Crippen molar-refractivity contribution in [2.75, 3.05) is 6.54 Å². The van der Waals surface area contributed by atoms with Gasteiger partial charge in [-0.3, -0.25) is 0 Å². The van der Waals surface area contributed by atoms with Crippen LogP contribution in [0.4, 0.5) is 0 Å². The molecular weight excluding hydrogens is 338 g/mol. The molecular formula is C10H12BrN3O4S. The van der Waals surface area contributed by atoms with Gasteiger partial charge in [0.25, 0.3) is 0 Å². The van der Waals surface area contributed by atoms with Crippen molar-refractivity contribution in [3.8, 4) is 0 Å². The second kappa shape index (κ2) is 5.87. The van der Waals surface area contributed by atoms with Crippen LogP contribution in [0, 0.1) is 0 Å². The van der Waals surface area contributed by atoms with Crippen LogP contribution in [-0.4, -0.2) is 30.0 Å². The van der Waals surface area contributed by atoms with E-state index in [1.165, 1.54) is 6.07 Å². The molecule has 0 aliphatic carbocycles. The van der Waals surface area contributed by atoms with Crippen LogP contribution in [0.15, 0.2) is 32.4 Å². The number of nitrogens with one attached hydrogen (secondary N) is 2. The second-order valence-electron chi connectivity index (χ2n) is 3.69. The Morgan fingerprint density at radius 3 is 2.89 bits per heavy atom. The summed E-state index contributed by atoms with van der Waals surface area (Å²) in [7, 11) is -3.68. The number of aliphatic hydroxyl groups is 1. The predicted octanol–water partition coefficient (Wildman–Crippen LogP) is 0.778. The maximum absolute atomic E-state index is 12.0. The minimum absolute atomic E-state index is 0.0315. The lowest BCUT2D eigenvalue weighted by atomic mass is 10.4. The van der Waals surface area contributed by atoms with E-state index >= 15 is 0 Å². The summed E-state index contributed by atoms with van der Waals surface area (Å²) in [5.74, 6) is 0.878. The third kappa shape index (κ3) is 3.44. The lowest BCUT2D eigenvalue weighted by Gasteiger charge is -2.03. The van der Waals surface area contributed by atoms with Gasteiger partial charge in [-0.25, -0.2) is 18.1 Å². The number of aliphatic hydroxyl groups excluding tert-OH is 1. The fraction of sp³-hybridized carbons (Fsp3) is 0.300. The normalized spacial score (nSPS) is 11.9. The molecule has 2 heterocycles. The minimum atomic E-state index is -3.68. The van der Waals surface area contributed by atoms with Crippen molar-refractivity contribution in [3.63, 3.8) is 0 Å². The van der Waals surface area contributed by atoms with E-state index in [1.807, 2.05) is 0 Å². The van der Waals surface area contributed by atoms with Crippen LogP contribution in [-0.2, 0) is 23.1 Å². The number of hydrogen-bond donors (Lipinski definition) is 3. The van der Waals surface area contributed by atoms with Gasteiger partial charge in [0.05, 0.1) is 0 Å². The van der Waals surface area contributed by atoms with Crippen LogP contribution >= 0.6 is 15.9 Å². The molecule has 0 unspecified atom stereocenters. The molecule has 0 aliphatic rings. The Morgan fingerprint density at radius 1 is 1.53 bits per heavy atom. The summed E-state index contributed by atoms with van der Waals surface area (Å²) in [6.07, 6.45) is 3.72. The SMILES string of the molecule is O=S(=O)(NCCc1ncc[nH]1)c1cc(CO)oc1Br. The monoisotopic (exact) mass is 349 g/mol. The van der Waals surface area contributed by atoms with Gasteiger partial charge in [-0.1, -0.05) is 0 Å². The highest BCUT2D eigenvalue weighted by Gasteiger charge is 2.21. The molecule has 0 aromatic carbocycles. The highest BCUT2D eigenvalue weighted by molar-refractivity contribution is 9.10. The zero-order valence-corrected chi connectivity index (χ0v) is 12.2. The van der Waals surface area contributed by atoms with Crippen molar-refractivity contribution < 1.29 is 17.9 Å². The minimum Gasteiger partial charge on any atom is -0.450 e. The van der Waals surface area contributed by atoms with Crippen molar-refractivity contribution in [1.29, 1.82) is 0 Å². The maximum atomic E-state index is 12.0. The van der Waals surface area contributed by atoms with E-state index in [4.69, 9.17) is 9.52 Å². The van der Waals surface area contributed by atoms with Gasteiger partial charge in [0.15, 0.2) is 4.67 Å². The van der Waals surface area contributed by atoms with Crippen LogP contribution in [0.2, 0.25) is 0 Å². The molecule has 0 fully saturated rings. The van der Waals surface area contributed by atoms with Gasteiger partial charge >= 0.3 is 0 Å². The van der Waals surface area contributed by atoms with Gasteiger partial charge in [-0.15, -0.1) is 0 Å². The summed E-state index contributed by atoms with van der Waals surface area (Å²) in [6, 6.07) is 1.28. The molecule has 0 radical (unpaired) electrons. The Balaban J connectivity index is 2.03. The number of H-pyrrole nitrogens is 1. The Kier molecular flexibility index (Phi) is 4.40. The van der Waals surface area contributed by atoms with Crippen LogP contribution in [0.5, 0.6) is 0 Å². The molecule has 2 aromatic heterocycles. The number of sulfonamides is 1. The van der Waals surface area contributed by atoms with Gasteiger partial charge in [0.1, 0.15) is 23.1 Å². The first-order valence-electron chi connectivity index (χ1n) is 5.40. The molecule has 3 N–H and O–H groups in total. The lowest BCUT2D eigenvalue weighted by Crippen LogP contribution is -2.26. The van der Waals surface area contributed by atoms with Crippen molar-refractivity contribution in [2.45, 2.75) is 17.9 Å². The van der Waals surface area contributed by atoms with Crippen LogP contribution in [0.25, 0.3) is 0 Å². The van der Waals surface area contributed by atoms with Crippen molar-refractivity contribution in [3.05, 3.63) is 34.7 Å². The standard InChI is InChI=1S/C10H12BrN3O4S/c11-10-8(5-7(6-15)18-10)19(16,17)14-2-1-9-12-3-4-13-9/h3-5,14-15H,1-2,6H2,(H,12,13). The van der Waals surface area contributed by atoms with Crippen LogP contribution < -0.4 is 4.72 Å². The van der Waals surface area contributed by atoms with Gasteiger partial charge in [0, 0.05) is 31.4 Å². The number of aromatic amines is 1. The van der Waals surface area contributed by atoms with E-state index in [0.717, 1.165) is 0 Å². The fourth-order valence-electron chi connectivity index (χ4n) is 1.48. The van der Waals surface area contributed by atoms with E-state index in [0.29, 0.717) is 12.2 Å². The van der Waals surface area contributed by atoms with Crippen molar-refractivity contribution >= 4 is 26.0 Å². The highest BCUT2D eigenvalue weighted by atomic mass is 79.9. The third-order valence-corrected chi connectivity index (χ3v) is 4.68. The van der Waals surface area contributed by atoms with E-state index in [1.54, 1.807) is 12.4 Å². The van der Waals surface area contributed by atoms with Crippen LogP contribution in [0.1, 0.15) is 11.6 Å². The number of aromatic nitrogens is 2. The van der Waals surface area contributed by atoms with E-state index in [9.17, 15) is 8.42 Å². The van der Waals surface area contributed by atoms with E-state index < -0.39 is 10.0 Å². The van der Waals surface area contributed by atoms with Gasteiger partial charge in [-0.2, -0.15) is 0 Å². The topological polar surface area (TPSA) is 108 Å². The largest absolute Gasteiger partial charge is 0.450 e. The first-order chi connectivity index (χ1) is 9.03. The zero-order chi connectivity index (χ0) is 13.9. The predicted molar refractivity (Wildman–Crippen MR) is 69.8 cm³/mol. The van der Waals surface area contributed by atoms with Gasteiger partial charge < -0.3 is 14.5 Å². The summed E-state index contributed by atoms with van der Waals surface area (Å²) in [4.78, 5) is 6.84. The average molecular weight is 350 g/mol. The number of furan rings is 1. The van der Waals surface area contributed by atoms with Gasteiger partial charge in [-0.05, 0) is 15.9 Å². The summed E-state index contributed by atoms with van der Waals surface area (Å²) in [6.45, 7) is -0.150. The maximum Gasteiger partial charge on any atom is 0.244 e. The van der Waals surface area contributed by atoms with E-state index in [-0.39, 0.29) is 28.5 Å². The number of rotatable bonds is 6. The molecule has 9 heteroatoms. The number of hydrogen-bond acceptors (Lipinski definition) is 5. The Morgan fingerprint density at radius 2 is 2.32 bits per heavy atom. The molecule has 0 spiro atoms. The summed E-state index contributed by atoms with van der Waals surface area (Å²) >= 11 is 3.01. The number of imidazole rings is 1. The quantitative estimate of drug-likeness (QED) is 0.714. The van der Waals surface area contributed by atoms with Gasteiger partial charge in [0.2, 0.25) is 10.0 Å². The molecule has 0 atom stereocenters. The molecule has 0 saturated heterocycles. The zero-order valence-electron chi connectivity index (χ0n) is 9.76. The number of nitrogens with zero attached hydrogens (tertiary/aromatic N) is 1. The third-order valence-electron chi connectivity index (χ3n) is 2.36. The van der Waals surface area contributed by atoms with Crippen LogP contribution in [0.3, 0.4) is 0 Å². The Labute approximate surface area is 118 Å². The summed E-state index contributed by atoms with van der Waals surface area (Å²) < 4.78 is 31.5. The van der Waals surface area contributed by atoms with E-state index in [2.05, 4.69) is 30.6 Å². The van der Waals surface area contributed by atoms with Crippen molar-refractivity contribution in [1.82, 2.24) is 14.7 Å². The second-order valence-corrected chi connectivity index (χ2v) is 6.15. The highest BCUT2D eigenvalue weighted by Crippen LogP contribution is 2.25. The first-order valence-corrected chi connectivity index (χ1v) is 7.67. The summed E-state index contributed by atoms with van der Waals surface area (Å²) in [5.41, 5.74) is 0. The molecule has 19 heavy (non-hydrogen) atoms. The molecule has 2 aromatic rings. The fourth-order valence-corrected chi connectivity index (χ4v) is 3.50. The Hall–Kier alpha value is -1.16. The molecule has 0 bridgehead atoms. The first kappa shape index (κ1) is 14.3. The molecule has 2 rings (SSSR count). The summed E-state index contributed by atoms with van der Waals surface area (Å²) in [5, 5.41) is 8.90. The molecule has 104 valence electrons.